The second kappa shape index (κ2) is 5.98. The lowest BCUT2D eigenvalue weighted by molar-refractivity contribution is 0.101. The van der Waals surface area contributed by atoms with Crippen LogP contribution in [0.3, 0.4) is 0 Å². The van der Waals surface area contributed by atoms with Gasteiger partial charge in [0.25, 0.3) is 0 Å². The zero-order chi connectivity index (χ0) is 14.8. The molecule has 0 fully saturated rings. The molecule has 1 aliphatic rings. The van der Waals surface area contributed by atoms with Crippen molar-refractivity contribution in [1.82, 2.24) is 0 Å². The number of carbonyl (C=O) groups is 1. The Hall–Kier alpha value is -1.68. The van der Waals surface area contributed by atoms with Crippen molar-refractivity contribution in [3.63, 3.8) is 0 Å². The van der Waals surface area contributed by atoms with Crippen molar-refractivity contribution in [2.45, 2.75) is 24.2 Å². The maximum atomic E-state index is 13.5. The number of fused-ring (bicyclic) bond motifs is 1. The van der Waals surface area contributed by atoms with Gasteiger partial charge in [-0.25, -0.2) is 8.78 Å². The van der Waals surface area contributed by atoms with Crippen LogP contribution in [0, 0.1) is 11.6 Å². The highest BCUT2D eigenvalue weighted by Crippen LogP contribution is 2.28. The van der Waals surface area contributed by atoms with Crippen LogP contribution in [-0.2, 0) is 12.8 Å². The molecule has 0 unspecified atom stereocenters. The third kappa shape index (κ3) is 3.16. The van der Waals surface area contributed by atoms with Crippen molar-refractivity contribution in [2.24, 2.45) is 0 Å². The van der Waals surface area contributed by atoms with Crippen LogP contribution in [-0.4, -0.2) is 11.5 Å². The molecular weight excluding hydrogens is 290 g/mol. The molecule has 0 N–H and O–H groups in total. The topological polar surface area (TPSA) is 17.1 Å². The van der Waals surface area contributed by atoms with Crippen molar-refractivity contribution >= 4 is 17.5 Å². The average molecular weight is 304 g/mol. The van der Waals surface area contributed by atoms with Crippen molar-refractivity contribution in [3.8, 4) is 0 Å². The Kier molecular flexibility index (Phi) is 4.06. The van der Waals surface area contributed by atoms with Crippen LogP contribution in [0.2, 0.25) is 0 Å². The molecule has 4 heteroatoms. The third-order valence-electron chi connectivity index (χ3n) is 3.67. The summed E-state index contributed by atoms with van der Waals surface area (Å²) < 4.78 is 26.6. The van der Waals surface area contributed by atoms with Crippen LogP contribution in [0.15, 0.2) is 41.3 Å². The molecule has 0 saturated heterocycles. The number of aryl methyl sites for hydroxylation is 2. The van der Waals surface area contributed by atoms with E-state index in [1.807, 2.05) is 6.07 Å². The van der Waals surface area contributed by atoms with Gasteiger partial charge in [0.2, 0.25) is 0 Å². The average Bonchev–Trinajstić information content (AvgIpc) is 2.94. The maximum Gasteiger partial charge on any atom is 0.176 e. The van der Waals surface area contributed by atoms with Gasteiger partial charge >= 0.3 is 0 Å². The fourth-order valence-corrected chi connectivity index (χ4v) is 3.42. The Labute approximate surface area is 126 Å². The summed E-state index contributed by atoms with van der Waals surface area (Å²) in [6.07, 6.45) is 3.38. The lowest BCUT2D eigenvalue weighted by Crippen LogP contribution is -2.06. The molecule has 0 spiro atoms. The van der Waals surface area contributed by atoms with E-state index in [1.165, 1.54) is 29.3 Å². The van der Waals surface area contributed by atoms with Crippen LogP contribution in [0.1, 0.15) is 27.9 Å². The molecule has 108 valence electrons. The standard InChI is InChI=1S/C17H14F2OS/c18-13-5-7-16(19)15(9-13)17(20)10-21-14-6-4-11-2-1-3-12(11)8-14/h4-9H,1-3,10H2. The smallest absolute Gasteiger partial charge is 0.176 e. The van der Waals surface area contributed by atoms with Gasteiger partial charge in [-0.3, -0.25) is 4.79 Å². The van der Waals surface area contributed by atoms with Gasteiger partial charge in [-0.2, -0.15) is 0 Å². The normalized spacial score (nSPS) is 13.2. The SMILES string of the molecule is O=C(CSc1ccc2c(c1)CCC2)c1cc(F)ccc1F. The van der Waals surface area contributed by atoms with Gasteiger partial charge < -0.3 is 0 Å². The summed E-state index contributed by atoms with van der Waals surface area (Å²) in [6, 6.07) is 9.15. The van der Waals surface area contributed by atoms with Gasteiger partial charge in [-0.1, -0.05) is 6.07 Å². The summed E-state index contributed by atoms with van der Waals surface area (Å²) in [4.78, 5) is 13.0. The second-order valence-electron chi connectivity index (χ2n) is 5.12. The number of carbonyl (C=O) groups excluding carboxylic acids is 1. The zero-order valence-corrected chi connectivity index (χ0v) is 12.2. The fraction of sp³-hybridized carbons (Fsp3) is 0.235. The number of halogens is 2. The van der Waals surface area contributed by atoms with E-state index in [-0.39, 0.29) is 11.3 Å². The van der Waals surface area contributed by atoms with E-state index in [9.17, 15) is 13.6 Å². The first kappa shape index (κ1) is 14.3. The van der Waals surface area contributed by atoms with E-state index in [2.05, 4.69) is 12.1 Å². The highest BCUT2D eigenvalue weighted by Gasteiger charge is 2.15. The first-order chi connectivity index (χ1) is 10.1. The van der Waals surface area contributed by atoms with E-state index in [0.29, 0.717) is 0 Å². The number of hydrogen-bond donors (Lipinski definition) is 0. The number of thioether (sulfide) groups is 1. The molecule has 2 aromatic rings. The summed E-state index contributed by atoms with van der Waals surface area (Å²) in [7, 11) is 0. The molecule has 0 amide bonds. The maximum absolute atomic E-state index is 13.5. The highest BCUT2D eigenvalue weighted by molar-refractivity contribution is 8.00. The molecule has 0 aromatic heterocycles. The molecule has 0 bridgehead atoms. The predicted octanol–water partition coefficient (Wildman–Crippen LogP) is 4.43. The van der Waals surface area contributed by atoms with Gasteiger partial charge in [0.15, 0.2) is 5.78 Å². The van der Waals surface area contributed by atoms with Crippen LogP contribution in [0.5, 0.6) is 0 Å². The van der Waals surface area contributed by atoms with E-state index in [1.54, 1.807) is 0 Å². The highest BCUT2D eigenvalue weighted by atomic mass is 32.2. The molecule has 3 rings (SSSR count). The quantitative estimate of drug-likeness (QED) is 0.614. The summed E-state index contributed by atoms with van der Waals surface area (Å²) in [5, 5.41) is 0. The van der Waals surface area contributed by atoms with Gasteiger partial charge in [0.05, 0.1) is 11.3 Å². The second-order valence-corrected chi connectivity index (χ2v) is 6.17. The Balaban J connectivity index is 1.70. The molecule has 1 aliphatic carbocycles. The van der Waals surface area contributed by atoms with Crippen molar-refractivity contribution in [3.05, 3.63) is 64.7 Å². The predicted molar refractivity (Wildman–Crippen MR) is 79.9 cm³/mol. The van der Waals surface area contributed by atoms with Crippen molar-refractivity contribution < 1.29 is 13.6 Å². The number of ketones is 1. The van der Waals surface area contributed by atoms with E-state index in [4.69, 9.17) is 0 Å². The summed E-state index contributed by atoms with van der Waals surface area (Å²) >= 11 is 1.37. The number of benzene rings is 2. The number of Topliss-reactive ketones (excluding diaryl/α,β-unsaturated/α-hetero) is 1. The first-order valence-corrected chi connectivity index (χ1v) is 7.85. The molecule has 0 radical (unpaired) electrons. The molecule has 0 atom stereocenters. The van der Waals surface area contributed by atoms with Crippen molar-refractivity contribution in [1.29, 1.82) is 0 Å². The minimum absolute atomic E-state index is 0.110. The van der Waals surface area contributed by atoms with Gasteiger partial charge in [0, 0.05) is 4.90 Å². The fourth-order valence-electron chi connectivity index (χ4n) is 2.58. The number of rotatable bonds is 4. The summed E-state index contributed by atoms with van der Waals surface area (Å²) in [6.45, 7) is 0. The molecule has 21 heavy (non-hydrogen) atoms. The van der Waals surface area contributed by atoms with Gasteiger partial charge in [-0.15, -0.1) is 11.8 Å². The van der Waals surface area contributed by atoms with E-state index < -0.39 is 17.4 Å². The first-order valence-electron chi connectivity index (χ1n) is 6.86. The minimum atomic E-state index is -0.670. The van der Waals surface area contributed by atoms with Gasteiger partial charge in [0.1, 0.15) is 11.6 Å². The Bertz CT molecular complexity index is 697. The minimum Gasteiger partial charge on any atom is -0.293 e. The molecule has 0 heterocycles. The van der Waals surface area contributed by atoms with E-state index >= 15 is 0 Å². The Morgan fingerprint density at radius 1 is 1.05 bits per heavy atom. The summed E-state index contributed by atoms with van der Waals surface area (Å²) in [5.41, 5.74) is 2.54. The number of hydrogen-bond acceptors (Lipinski definition) is 2. The van der Waals surface area contributed by atoms with Crippen LogP contribution < -0.4 is 0 Å². The summed E-state index contributed by atoms with van der Waals surface area (Å²) in [5.74, 6) is -1.55. The molecular formula is C17H14F2OS. The lowest BCUT2D eigenvalue weighted by Gasteiger charge is -2.05. The lowest BCUT2D eigenvalue weighted by atomic mass is 10.1. The van der Waals surface area contributed by atoms with Gasteiger partial charge in [-0.05, 0) is 60.7 Å². The van der Waals surface area contributed by atoms with Crippen molar-refractivity contribution in [2.75, 3.05) is 5.75 Å². The largest absolute Gasteiger partial charge is 0.293 e. The van der Waals surface area contributed by atoms with Crippen LogP contribution in [0.25, 0.3) is 0 Å². The molecule has 2 aromatic carbocycles. The molecule has 1 nitrogen and oxygen atoms in total. The zero-order valence-electron chi connectivity index (χ0n) is 11.4. The third-order valence-corrected chi connectivity index (χ3v) is 4.66. The Morgan fingerprint density at radius 3 is 2.71 bits per heavy atom. The molecule has 0 aliphatic heterocycles. The molecule has 0 saturated carbocycles. The monoisotopic (exact) mass is 304 g/mol. The van der Waals surface area contributed by atoms with Crippen LogP contribution in [0.4, 0.5) is 8.78 Å². The Morgan fingerprint density at radius 2 is 1.86 bits per heavy atom. The van der Waals surface area contributed by atoms with Crippen LogP contribution >= 0.6 is 11.8 Å². The van der Waals surface area contributed by atoms with E-state index in [0.717, 1.165) is 35.9 Å².